The fourth-order valence-electron chi connectivity index (χ4n) is 3.91. The smallest absolute Gasteiger partial charge is 0.132 e. The van der Waals surface area contributed by atoms with Crippen molar-refractivity contribution in [3.8, 4) is 0 Å². The van der Waals surface area contributed by atoms with Gasteiger partial charge in [0, 0.05) is 30.2 Å². The van der Waals surface area contributed by atoms with E-state index in [1.807, 2.05) is 32.9 Å². The maximum Gasteiger partial charge on any atom is 0.132 e. The minimum atomic E-state index is 0.189. The van der Waals surface area contributed by atoms with Gasteiger partial charge in [0.2, 0.25) is 0 Å². The van der Waals surface area contributed by atoms with E-state index >= 15 is 0 Å². The molecule has 1 aromatic carbocycles. The number of hydrogen-bond donors (Lipinski definition) is 2. The molecule has 1 atom stereocenters. The molecule has 0 fully saturated rings. The van der Waals surface area contributed by atoms with Gasteiger partial charge in [-0.25, -0.2) is 0 Å². The van der Waals surface area contributed by atoms with Gasteiger partial charge >= 0.3 is 0 Å². The number of nitrogens with zero attached hydrogens (tertiary/aromatic N) is 3. The summed E-state index contributed by atoms with van der Waals surface area (Å²) >= 11 is 0. The van der Waals surface area contributed by atoms with E-state index in [1.54, 1.807) is 13.3 Å². The minimum absolute atomic E-state index is 0.189. The summed E-state index contributed by atoms with van der Waals surface area (Å²) in [6.07, 6.45) is 8.92. The molecule has 33 heavy (non-hydrogen) atoms. The summed E-state index contributed by atoms with van der Waals surface area (Å²) in [5, 5.41) is 6.93. The zero-order chi connectivity index (χ0) is 24.0. The highest BCUT2D eigenvalue weighted by Crippen LogP contribution is 2.31. The van der Waals surface area contributed by atoms with E-state index in [2.05, 4.69) is 58.6 Å². The third-order valence-corrected chi connectivity index (χ3v) is 5.90. The highest BCUT2D eigenvalue weighted by Gasteiger charge is 2.23. The Kier molecular flexibility index (Phi) is 7.99. The molecule has 0 saturated carbocycles. The molecular formula is C28H35N5. The molecular weight excluding hydrogens is 406 g/mol. The maximum atomic E-state index is 4.81. The second-order valence-electron chi connectivity index (χ2n) is 8.69. The first-order valence-electron chi connectivity index (χ1n) is 11.4. The molecule has 3 rings (SSSR count). The Balaban J connectivity index is 1.86. The van der Waals surface area contributed by atoms with Crippen LogP contribution in [-0.2, 0) is 6.42 Å². The molecule has 0 saturated heterocycles. The normalized spacial score (nSPS) is 19.3. The first-order chi connectivity index (χ1) is 15.8. The Labute approximate surface area is 198 Å². The van der Waals surface area contributed by atoms with Crippen LogP contribution in [0.2, 0.25) is 0 Å². The summed E-state index contributed by atoms with van der Waals surface area (Å²) in [5.41, 5.74) is 9.29. The van der Waals surface area contributed by atoms with E-state index in [0.717, 1.165) is 64.6 Å². The number of amidine groups is 1. The number of rotatable bonds is 8. The molecule has 172 valence electrons. The summed E-state index contributed by atoms with van der Waals surface area (Å²) in [7, 11) is 1.75. The largest absolute Gasteiger partial charge is 0.377 e. The number of aliphatic imine (C=N–C) groups is 3. The molecule has 5 nitrogen and oxygen atoms in total. The lowest BCUT2D eigenvalue weighted by Gasteiger charge is -2.28. The van der Waals surface area contributed by atoms with Gasteiger partial charge in [-0.3, -0.25) is 15.0 Å². The van der Waals surface area contributed by atoms with E-state index < -0.39 is 0 Å². The number of aryl methyl sites for hydroxylation is 1. The standard InChI is InChI=1S/C28H35N5/c1-18(2)19(3)15-27(31-20(4)13-14-29-7)22(6)33-26-10-8-9-23-16-24(11-12-25(23)26)28-30-17-21(5)32-28/h11-16,26,33H,1,5-6,8-10,17H2,2-4,7H3,(H,30,32)/b19-15+,20-13+,29-14?,31-27-/t26-/m0/s1. The highest BCUT2D eigenvalue weighted by molar-refractivity contribution is 6.09. The van der Waals surface area contributed by atoms with Crippen LogP contribution in [0, 0.1) is 0 Å². The molecule has 0 amide bonds. The van der Waals surface area contributed by atoms with Crippen LogP contribution in [-0.4, -0.2) is 31.4 Å². The van der Waals surface area contributed by atoms with Gasteiger partial charge in [0.15, 0.2) is 0 Å². The lowest BCUT2D eigenvalue weighted by Crippen LogP contribution is -2.28. The van der Waals surface area contributed by atoms with Crippen LogP contribution in [0.4, 0.5) is 0 Å². The summed E-state index contributed by atoms with van der Waals surface area (Å²) in [6, 6.07) is 6.81. The van der Waals surface area contributed by atoms with Gasteiger partial charge in [0.05, 0.1) is 24.0 Å². The van der Waals surface area contributed by atoms with Crippen LogP contribution in [0.15, 0.2) is 93.3 Å². The zero-order valence-corrected chi connectivity index (χ0v) is 20.3. The van der Waals surface area contributed by atoms with Crippen LogP contribution >= 0.6 is 0 Å². The van der Waals surface area contributed by atoms with Crippen LogP contribution in [0.25, 0.3) is 0 Å². The van der Waals surface area contributed by atoms with Crippen molar-refractivity contribution >= 4 is 17.8 Å². The molecule has 0 aromatic heterocycles. The average molecular weight is 442 g/mol. The van der Waals surface area contributed by atoms with Gasteiger partial charge in [-0.05, 0) is 75.0 Å². The number of fused-ring (bicyclic) bond motifs is 1. The van der Waals surface area contributed by atoms with E-state index in [1.165, 1.54) is 11.1 Å². The zero-order valence-electron chi connectivity index (χ0n) is 20.3. The van der Waals surface area contributed by atoms with Gasteiger partial charge in [-0.15, -0.1) is 0 Å². The van der Waals surface area contributed by atoms with Crippen molar-refractivity contribution in [1.82, 2.24) is 10.6 Å². The van der Waals surface area contributed by atoms with Crippen molar-refractivity contribution in [3.05, 3.63) is 95.0 Å². The number of hydrogen-bond acceptors (Lipinski definition) is 5. The second-order valence-corrected chi connectivity index (χ2v) is 8.69. The molecule has 0 spiro atoms. The Morgan fingerprint density at radius 1 is 1.24 bits per heavy atom. The predicted octanol–water partition coefficient (Wildman–Crippen LogP) is 5.60. The summed E-state index contributed by atoms with van der Waals surface area (Å²) in [4.78, 5) is 13.4. The third kappa shape index (κ3) is 6.28. The fourth-order valence-corrected chi connectivity index (χ4v) is 3.91. The lowest BCUT2D eigenvalue weighted by molar-refractivity contribution is 0.507. The molecule has 1 heterocycles. The number of benzene rings is 1. The quantitative estimate of drug-likeness (QED) is 0.407. The van der Waals surface area contributed by atoms with E-state index in [-0.39, 0.29) is 6.04 Å². The minimum Gasteiger partial charge on any atom is -0.377 e. The van der Waals surface area contributed by atoms with Crippen molar-refractivity contribution in [1.29, 1.82) is 0 Å². The van der Waals surface area contributed by atoms with E-state index in [4.69, 9.17) is 4.99 Å². The van der Waals surface area contributed by atoms with Gasteiger partial charge in [-0.2, -0.15) is 0 Å². The number of allylic oxidation sites excluding steroid dienone is 5. The molecule has 1 aromatic rings. The van der Waals surface area contributed by atoms with Gasteiger partial charge < -0.3 is 10.6 Å². The van der Waals surface area contributed by atoms with E-state index in [0.29, 0.717) is 6.54 Å². The van der Waals surface area contributed by atoms with Crippen molar-refractivity contribution in [3.63, 3.8) is 0 Å². The van der Waals surface area contributed by atoms with Crippen LogP contribution < -0.4 is 10.6 Å². The van der Waals surface area contributed by atoms with Crippen molar-refractivity contribution in [2.45, 2.75) is 46.1 Å². The highest BCUT2D eigenvalue weighted by atomic mass is 15.1. The third-order valence-electron chi connectivity index (χ3n) is 5.90. The molecule has 2 N–H and O–H groups in total. The van der Waals surface area contributed by atoms with Crippen LogP contribution in [0.1, 0.15) is 56.3 Å². The van der Waals surface area contributed by atoms with Crippen molar-refractivity contribution < 1.29 is 0 Å². The molecule has 2 aliphatic rings. The van der Waals surface area contributed by atoms with Gasteiger partial charge in [0.25, 0.3) is 0 Å². The van der Waals surface area contributed by atoms with E-state index in [9.17, 15) is 0 Å². The summed E-state index contributed by atoms with van der Waals surface area (Å²) < 4.78 is 0. The summed E-state index contributed by atoms with van der Waals surface area (Å²) in [6.45, 7) is 19.0. The summed E-state index contributed by atoms with van der Waals surface area (Å²) in [5.74, 6) is 0.912. The first kappa shape index (κ1) is 24.2. The molecule has 1 aliphatic heterocycles. The Bertz CT molecular complexity index is 1110. The van der Waals surface area contributed by atoms with Gasteiger partial charge in [-0.1, -0.05) is 37.4 Å². The average Bonchev–Trinajstić information content (AvgIpc) is 3.23. The Morgan fingerprint density at radius 2 is 2.03 bits per heavy atom. The maximum absolute atomic E-state index is 4.81. The topological polar surface area (TPSA) is 61.1 Å². The van der Waals surface area contributed by atoms with Crippen LogP contribution in [0.5, 0.6) is 0 Å². The Hall–Kier alpha value is -3.47. The lowest BCUT2D eigenvalue weighted by atomic mass is 9.86. The predicted molar refractivity (Wildman–Crippen MR) is 142 cm³/mol. The monoisotopic (exact) mass is 441 g/mol. The number of nitrogens with one attached hydrogen (secondary N) is 2. The molecule has 0 bridgehead atoms. The molecule has 0 unspecified atom stereocenters. The van der Waals surface area contributed by atoms with Crippen LogP contribution in [0.3, 0.4) is 0 Å². The SMILES string of the molecule is C=C1CN=C(c2ccc3c(c2)CCC[C@@H]3NC(=C)C(/C=C(\C)C(=C)C)=N\C(C)=C\C=NC)N1. The Morgan fingerprint density at radius 3 is 2.70 bits per heavy atom. The molecule has 5 heteroatoms. The van der Waals surface area contributed by atoms with Gasteiger partial charge in [0.1, 0.15) is 5.84 Å². The molecule has 0 radical (unpaired) electrons. The fraction of sp³-hybridized carbons (Fsp3) is 0.321. The first-order valence-corrected chi connectivity index (χ1v) is 11.4. The molecule has 1 aliphatic carbocycles. The van der Waals surface area contributed by atoms with Crippen molar-refractivity contribution in [2.75, 3.05) is 13.6 Å². The second kappa shape index (κ2) is 10.9. The van der Waals surface area contributed by atoms with Crippen molar-refractivity contribution in [2.24, 2.45) is 15.0 Å².